The molecule has 1 aromatic heterocycles. The number of rotatable bonds is 4. The average molecular weight is 180 g/mol. The minimum absolute atomic E-state index is 0.141. The Labute approximate surface area is 78.8 Å². The van der Waals surface area contributed by atoms with Crippen molar-refractivity contribution in [2.75, 3.05) is 11.9 Å². The number of aromatic nitrogens is 1. The summed E-state index contributed by atoms with van der Waals surface area (Å²) in [6, 6.07) is 4.02. The standard InChI is InChI=1S/C10H16N2O/c1-3-9(7-13)12-10-4-5-11-8(2)6-10/h4-6,9,13H,3,7H2,1-2H3,(H,11,12)/t9-/m0/s1. The number of pyridine rings is 1. The lowest BCUT2D eigenvalue weighted by Gasteiger charge is -2.15. The number of anilines is 1. The van der Waals surface area contributed by atoms with Crippen LogP contribution < -0.4 is 5.32 Å². The van der Waals surface area contributed by atoms with Gasteiger partial charge in [0.2, 0.25) is 0 Å². The molecule has 0 aliphatic carbocycles. The van der Waals surface area contributed by atoms with Crippen LogP contribution in [0.15, 0.2) is 18.3 Å². The summed E-state index contributed by atoms with van der Waals surface area (Å²) in [4.78, 5) is 4.10. The van der Waals surface area contributed by atoms with E-state index >= 15 is 0 Å². The van der Waals surface area contributed by atoms with E-state index in [1.165, 1.54) is 0 Å². The number of aliphatic hydroxyl groups excluding tert-OH is 1. The minimum Gasteiger partial charge on any atom is -0.394 e. The van der Waals surface area contributed by atoms with Crippen molar-refractivity contribution in [1.29, 1.82) is 0 Å². The van der Waals surface area contributed by atoms with Gasteiger partial charge in [0.05, 0.1) is 6.61 Å². The maximum Gasteiger partial charge on any atom is 0.0632 e. The number of hydrogen-bond donors (Lipinski definition) is 2. The molecule has 0 saturated heterocycles. The molecule has 0 amide bonds. The van der Waals surface area contributed by atoms with Gasteiger partial charge in [-0.25, -0.2) is 0 Å². The molecule has 0 fully saturated rings. The Hall–Kier alpha value is -1.09. The quantitative estimate of drug-likeness (QED) is 0.739. The summed E-state index contributed by atoms with van der Waals surface area (Å²) in [5.41, 5.74) is 2.01. The van der Waals surface area contributed by atoms with Crippen molar-refractivity contribution in [3.05, 3.63) is 24.0 Å². The Kier molecular flexibility index (Phi) is 3.71. The van der Waals surface area contributed by atoms with E-state index in [9.17, 15) is 0 Å². The second kappa shape index (κ2) is 4.82. The van der Waals surface area contributed by atoms with Crippen LogP contribution in [0.2, 0.25) is 0 Å². The van der Waals surface area contributed by atoms with Gasteiger partial charge in [0.1, 0.15) is 0 Å². The van der Waals surface area contributed by atoms with Crippen molar-refractivity contribution in [1.82, 2.24) is 4.98 Å². The maximum absolute atomic E-state index is 8.98. The van der Waals surface area contributed by atoms with Gasteiger partial charge in [-0.15, -0.1) is 0 Å². The highest BCUT2D eigenvalue weighted by molar-refractivity contribution is 5.43. The van der Waals surface area contributed by atoms with Crippen LogP contribution in [0.4, 0.5) is 5.69 Å². The number of aryl methyl sites for hydroxylation is 1. The van der Waals surface area contributed by atoms with Crippen LogP contribution in [-0.2, 0) is 0 Å². The Bertz CT molecular complexity index is 259. The summed E-state index contributed by atoms with van der Waals surface area (Å²) in [6.45, 7) is 4.16. The fraction of sp³-hybridized carbons (Fsp3) is 0.500. The molecule has 0 radical (unpaired) electrons. The third-order valence-corrected chi connectivity index (χ3v) is 1.98. The van der Waals surface area contributed by atoms with Crippen molar-refractivity contribution >= 4 is 5.69 Å². The van der Waals surface area contributed by atoms with Crippen LogP contribution in [0.1, 0.15) is 19.0 Å². The molecular formula is C10H16N2O. The van der Waals surface area contributed by atoms with Gasteiger partial charge in [-0.2, -0.15) is 0 Å². The Morgan fingerprint density at radius 3 is 2.92 bits per heavy atom. The van der Waals surface area contributed by atoms with Gasteiger partial charge in [0.25, 0.3) is 0 Å². The molecule has 2 N–H and O–H groups in total. The molecule has 3 nitrogen and oxygen atoms in total. The van der Waals surface area contributed by atoms with E-state index in [2.05, 4.69) is 10.3 Å². The molecule has 1 aromatic rings. The molecule has 13 heavy (non-hydrogen) atoms. The molecule has 0 aromatic carbocycles. The lowest BCUT2D eigenvalue weighted by molar-refractivity contribution is 0.272. The van der Waals surface area contributed by atoms with Crippen LogP contribution in [-0.4, -0.2) is 22.7 Å². The lowest BCUT2D eigenvalue weighted by Crippen LogP contribution is -2.22. The SMILES string of the molecule is CC[C@@H](CO)Nc1ccnc(C)c1. The normalized spacial score (nSPS) is 12.5. The van der Waals surface area contributed by atoms with Crippen LogP contribution >= 0.6 is 0 Å². The van der Waals surface area contributed by atoms with E-state index < -0.39 is 0 Å². The lowest BCUT2D eigenvalue weighted by atomic mass is 10.2. The highest BCUT2D eigenvalue weighted by atomic mass is 16.3. The van der Waals surface area contributed by atoms with Gasteiger partial charge in [-0.3, -0.25) is 4.98 Å². The van der Waals surface area contributed by atoms with Gasteiger partial charge >= 0.3 is 0 Å². The van der Waals surface area contributed by atoms with Crippen LogP contribution in [0.3, 0.4) is 0 Å². The Balaban J connectivity index is 2.62. The average Bonchev–Trinajstić information content (AvgIpc) is 2.14. The summed E-state index contributed by atoms with van der Waals surface area (Å²) in [7, 11) is 0. The first-order valence-corrected chi connectivity index (χ1v) is 4.56. The number of nitrogens with zero attached hydrogens (tertiary/aromatic N) is 1. The summed E-state index contributed by atoms with van der Waals surface area (Å²) in [6.07, 6.45) is 2.68. The van der Waals surface area contributed by atoms with Gasteiger partial charge < -0.3 is 10.4 Å². The second-order valence-electron chi connectivity index (χ2n) is 3.12. The van der Waals surface area contributed by atoms with E-state index in [-0.39, 0.29) is 12.6 Å². The van der Waals surface area contributed by atoms with Gasteiger partial charge in [-0.1, -0.05) is 6.92 Å². The van der Waals surface area contributed by atoms with Crippen molar-refractivity contribution < 1.29 is 5.11 Å². The van der Waals surface area contributed by atoms with E-state index in [4.69, 9.17) is 5.11 Å². The zero-order chi connectivity index (χ0) is 9.68. The van der Waals surface area contributed by atoms with E-state index in [0.29, 0.717) is 0 Å². The fourth-order valence-corrected chi connectivity index (χ4v) is 1.15. The highest BCUT2D eigenvalue weighted by Gasteiger charge is 2.03. The number of hydrogen-bond acceptors (Lipinski definition) is 3. The Morgan fingerprint density at radius 1 is 1.62 bits per heavy atom. The third-order valence-electron chi connectivity index (χ3n) is 1.98. The molecule has 72 valence electrons. The van der Waals surface area contributed by atoms with Crippen molar-refractivity contribution in [3.63, 3.8) is 0 Å². The van der Waals surface area contributed by atoms with Gasteiger partial charge in [0, 0.05) is 23.6 Å². The van der Waals surface area contributed by atoms with Gasteiger partial charge in [0.15, 0.2) is 0 Å². The predicted molar refractivity (Wildman–Crippen MR) is 53.8 cm³/mol. The minimum atomic E-state index is 0.141. The predicted octanol–water partition coefficient (Wildman–Crippen LogP) is 1.57. The first kappa shape index (κ1) is 9.99. The first-order valence-electron chi connectivity index (χ1n) is 4.56. The molecule has 0 unspecified atom stereocenters. The molecular weight excluding hydrogens is 164 g/mol. The fourth-order valence-electron chi connectivity index (χ4n) is 1.15. The third kappa shape index (κ3) is 3.03. The zero-order valence-corrected chi connectivity index (χ0v) is 8.12. The number of nitrogens with one attached hydrogen (secondary N) is 1. The largest absolute Gasteiger partial charge is 0.394 e. The highest BCUT2D eigenvalue weighted by Crippen LogP contribution is 2.09. The first-order chi connectivity index (χ1) is 6.26. The number of aliphatic hydroxyl groups is 1. The topological polar surface area (TPSA) is 45.1 Å². The van der Waals surface area contributed by atoms with Crippen LogP contribution in [0.5, 0.6) is 0 Å². The molecule has 3 heteroatoms. The second-order valence-corrected chi connectivity index (χ2v) is 3.12. The van der Waals surface area contributed by atoms with E-state index in [0.717, 1.165) is 17.8 Å². The van der Waals surface area contributed by atoms with E-state index in [1.54, 1.807) is 6.20 Å². The zero-order valence-electron chi connectivity index (χ0n) is 8.12. The molecule has 0 bridgehead atoms. The van der Waals surface area contributed by atoms with Gasteiger partial charge in [-0.05, 0) is 25.5 Å². The summed E-state index contributed by atoms with van der Waals surface area (Å²) in [5.74, 6) is 0. The summed E-state index contributed by atoms with van der Waals surface area (Å²) < 4.78 is 0. The van der Waals surface area contributed by atoms with Crippen molar-refractivity contribution in [2.24, 2.45) is 0 Å². The molecule has 0 aliphatic heterocycles. The monoisotopic (exact) mass is 180 g/mol. The van der Waals surface area contributed by atoms with E-state index in [1.807, 2.05) is 26.0 Å². The Morgan fingerprint density at radius 2 is 2.38 bits per heavy atom. The molecule has 0 aliphatic rings. The molecule has 1 rings (SSSR count). The van der Waals surface area contributed by atoms with Crippen LogP contribution in [0, 0.1) is 6.92 Å². The molecule has 1 atom stereocenters. The van der Waals surface area contributed by atoms with Crippen LogP contribution in [0.25, 0.3) is 0 Å². The van der Waals surface area contributed by atoms with Crippen molar-refractivity contribution in [3.8, 4) is 0 Å². The summed E-state index contributed by atoms with van der Waals surface area (Å²) in [5, 5.41) is 12.2. The molecule has 0 saturated carbocycles. The maximum atomic E-state index is 8.98. The molecule has 0 spiro atoms. The summed E-state index contributed by atoms with van der Waals surface area (Å²) >= 11 is 0. The van der Waals surface area contributed by atoms with Crippen molar-refractivity contribution in [2.45, 2.75) is 26.3 Å². The molecule has 1 heterocycles. The smallest absolute Gasteiger partial charge is 0.0632 e.